The van der Waals surface area contributed by atoms with Crippen LogP contribution in [0.5, 0.6) is 0 Å². The molecular weight excluding hydrogens is 350 g/mol. The van der Waals surface area contributed by atoms with Gasteiger partial charge >= 0.3 is 0 Å². The Hall–Kier alpha value is -2.50. The van der Waals surface area contributed by atoms with E-state index in [9.17, 15) is 4.79 Å². The molecule has 0 bridgehead atoms. The number of carbonyl (C=O) groups is 1. The Balaban J connectivity index is 1.90. The second-order valence-corrected chi connectivity index (χ2v) is 7.59. The van der Waals surface area contributed by atoms with Gasteiger partial charge in [-0.05, 0) is 31.6 Å². The first-order valence-corrected chi connectivity index (χ1v) is 9.66. The molecule has 0 saturated heterocycles. The Labute approximate surface area is 167 Å². The summed E-state index contributed by atoms with van der Waals surface area (Å²) in [6, 6.07) is 20.0. The van der Waals surface area contributed by atoms with Gasteiger partial charge in [-0.3, -0.25) is 14.7 Å². The molecule has 1 heterocycles. The van der Waals surface area contributed by atoms with Gasteiger partial charge in [0.2, 0.25) is 0 Å². The van der Waals surface area contributed by atoms with Gasteiger partial charge in [0.05, 0.1) is 19.0 Å². The number of hydrogen-bond acceptors (Lipinski definition) is 4. The molecule has 5 nitrogen and oxygen atoms in total. The molecule has 2 aromatic rings. The molecule has 1 amide bonds. The second kappa shape index (κ2) is 9.13. The molecule has 0 saturated carbocycles. The zero-order valence-electron chi connectivity index (χ0n) is 16.9. The first-order chi connectivity index (χ1) is 13.6. The van der Waals surface area contributed by atoms with Gasteiger partial charge in [-0.25, -0.2) is 0 Å². The molecule has 148 valence electrons. The molecule has 2 unspecified atom stereocenters. The van der Waals surface area contributed by atoms with Crippen molar-refractivity contribution < 1.29 is 9.53 Å². The lowest BCUT2D eigenvalue weighted by atomic mass is 9.87. The SMILES string of the molecule is COCC(c1ccccc1)N1C=NC(CCN(C)C)(Cc2ccccc2)C1=O. The topological polar surface area (TPSA) is 45.1 Å². The van der Waals surface area contributed by atoms with E-state index < -0.39 is 5.54 Å². The molecule has 0 radical (unpaired) electrons. The van der Waals surface area contributed by atoms with Gasteiger partial charge in [0, 0.05) is 20.1 Å². The number of methoxy groups -OCH3 is 1. The smallest absolute Gasteiger partial charge is 0.256 e. The molecule has 1 aliphatic heterocycles. The van der Waals surface area contributed by atoms with Crippen LogP contribution in [0.2, 0.25) is 0 Å². The van der Waals surface area contributed by atoms with Gasteiger partial charge in [0.15, 0.2) is 0 Å². The van der Waals surface area contributed by atoms with Gasteiger partial charge < -0.3 is 9.64 Å². The molecule has 1 aliphatic rings. The van der Waals surface area contributed by atoms with Crippen molar-refractivity contribution in [3.05, 3.63) is 71.8 Å². The third kappa shape index (κ3) is 4.49. The number of nitrogens with zero attached hydrogens (tertiary/aromatic N) is 3. The van der Waals surface area contributed by atoms with E-state index in [0.717, 1.165) is 17.7 Å². The van der Waals surface area contributed by atoms with Crippen LogP contribution in [0.3, 0.4) is 0 Å². The number of carbonyl (C=O) groups excluding carboxylic acids is 1. The van der Waals surface area contributed by atoms with E-state index in [1.807, 2.05) is 62.6 Å². The van der Waals surface area contributed by atoms with Crippen LogP contribution >= 0.6 is 0 Å². The summed E-state index contributed by atoms with van der Waals surface area (Å²) in [6.07, 6.45) is 2.99. The van der Waals surface area contributed by atoms with Crippen molar-refractivity contribution in [2.75, 3.05) is 34.4 Å². The van der Waals surface area contributed by atoms with Crippen LogP contribution in [0.15, 0.2) is 65.7 Å². The van der Waals surface area contributed by atoms with Crippen molar-refractivity contribution in [1.29, 1.82) is 0 Å². The summed E-state index contributed by atoms with van der Waals surface area (Å²) < 4.78 is 5.44. The highest BCUT2D eigenvalue weighted by atomic mass is 16.5. The standard InChI is InChI=1S/C23H29N3O2/c1-25(2)15-14-23(16-19-10-6-4-7-11-19)22(27)26(18-24-23)21(17-28-3)20-12-8-5-9-13-20/h4-13,18,21H,14-17H2,1-3H3. The highest BCUT2D eigenvalue weighted by Gasteiger charge is 2.46. The van der Waals surface area contributed by atoms with E-state index in [1.165, 1.54) is 0 Å². The quantitative estimate of drug-likeness (QED) is 0.672. The Morgan fingerprint density at radius 2 is 1.71 bits per heavy atom. The monoisotopic (exact) mass is 379 g/mol. The molecule has 0 aromatic heterocycles. The summed E-state index contributed by atoms with van der Waals surface area (Å²) in [5, 5.41) is 0. The van der Waals surface area contributed by atoms with E-state index in [2.05, 4.69) is 17.0 Å². The number of benzene rings is 2. The minimum atomic E-state index is -0.771. The summed E-state index contributed by atoms with van der Waals surface area (Å²) >= 11 is 0. The van der Waals surface area contributed by atoms with E-state index in [1.54, 1.807) is 18.3 Å². The maximum Gasteiger partial charge on any atom is 0.256 e. The van der Waals surface area contributed by atoms with Crippen LogP contribution in [0.25, 0.3) is 0 Å². The molecule has 0 fully saturated rings. The van der Waals surface area contributed by atoms with Gasteiger partial charge in [0.25, 0.3) is 5.91 Å². The van der Waals surface area contributed by atoms with Gasteiger partial charge in [-0.15, -0.1) is 0 Å². The predicted octanol–water partition coefficient (Wildman–Crippen LogP) is 3.18. The Kier molecular flexibility index (Phi) is 6.60. The maximum absolute atomic E-state index is 13.7. The molecule has 2 aromatic carbocycles. The fraction of sp³-hybridized carbons (Fsp3) is 0.391. The van der Waals surface area contributed by atoms with Crippen molar-refractivity contribution in [2.24, 2.45) is 4.99 Å². The van der Waals surface area contributed by atoms with Gasteiger partial charge in [-0.2, -0.15) is 0 Å². The number of aliphatic imine (C=N–C) groups is 1. The van der Waals surface area contributed by atoms with Crippen LogP contribution in [-0.2, 0) is 16.0 Å². The van der Waals surface area contributed by atoms with Crippen LogP contribution < -0.4 is 0 Å². The third-order valence-corrected chi connectivity index (χ3v) is 5.22. The summed E-state index contributed by atoms with van der Waals surface area (Å²) in [7, 11) is 5.71. The zero-order valence-corrected chi connectivity index (χ0v) is 16.9. The van der Waals surface area contributed by atoms with Crippen molar-refractivity contribution in [3.8, 4) is 0 Å². The average molecular weight is 380 g/mol. The van der Waals surface area contributed by atoms with E-state index in [-0.39, 0.29) is 11.9 Å². The Morgan fingerprint density at radius 3 is 2.32 bits per heavy atom. The zero-order chi connectivity index (χ0) is 20.0. The van der Waals surface area contributed by atoms with E-state index in [4.69, 9.17) is 9.73 Å². The fourth-order valence-electron chi connectivity index (χ4n) is 3.64. The molecule has 3 rings (SSSR count). The molecular formula is C23H29N3O2. The summed E-state index contributed by atoms with van der Waals surface area (Å²) in [6.45, 7) is 1.22. The van der Waals surface area contributed by atoms with Crippen LogP contribution in [0.1, 0.15) is 23.6 Å². The van der Waals surface area contributed by atoms with Crippen molar-refractivity contribution in [2.45, 2.75) is 24.4 Å². The number of hydrogen-bond donors (Lipinski definition) is 0. The largest absolute Gasteiger partial charge is 0.382 e. The van der Waals surface area contributed by atoms with Crippen molar-refractivity contribution in [3.63, 3.8) is 0 Å². The third-order valence-electron chi connectivity index (χ3n) is 5.22. The molecule has 0 aliphatic carbocycles. The second-order valence-electron chi connectivity index (χ2n) is 7.59. The highest BCUT2D eigenvalue weighted by molar-refractivity contribution is 6.00. The number of ether oxygens (including phenoxy) is 1. The molecule has 5 heteroatoms. The van der Waals surface area contributed by atoms with Crippen LogP contribution in [-0.4, -0.2) is 61.9 Å². The normalized spacial score (nSPS) is 20.1. The summed E-state index contributed by atoms with van der Waals surface area (Å²) in [5.74, 6) is 0.0455. The molecule has 0 N–H and O–H groups in total. The van der Waals surface area contributed by atoms with Gasteiger partial charge in [-0.1, -0.05) is 60.7 Å². The molecule has 0 spiro atoms. The lowest BCUT2D eigenvalue weighted by Crippen LogP contribution is -2.46. The summed E-state index contributed by atoms with van der Waals surface area (Å²) in [5.41, 5.74) is 1.40. The first-order valence-electron chi connectivity index (χ1n) is 9.66. The minimum Gasteiger partial charge on any atom is -0.382 e. The number of amides is 1. The fourth-order valence-corrected chi connectivity index (χ4v) is 3.64. The predicted molar refractivity (Wildman–Crippen MR) is 112 cm³/mol. The van der Waals surface area contributed by atoms with Crippen molar-refractivity contribution in [1.82, 2.24) is 9.80 Å². The number of rotatable bonds is 9. The van der Waals surface area contributed by atoms with Crippen LogP contribution in [0, 0.1) is 0 Å². The lowest BCUT2D eigenvalue weighted by Gasteiger charge is -2.31. The minimum absolute atomic E-state index is 0.0455. The Morgan fingerprint density at radius 1 is 1.07 bits per heavy atom. The lowest BCUT2D eigenvalue weighted by molar-refractivity contribution is -0.133. The highest BCUT2D eigenvalue weighted by Crippen LogP contribution is 2.33. The van der Waals surface area contributed by atoms with E-state index >= 15 is 0 Å². The molecule has 28 heavy (non-hydrogen) atoms. The van der Waals surface area contributed by atoms with Crippen molar-refractivity contribution >= 4 is 12.2 Å². The average Bonchev–Trinajstić information content (AvgIpc) is 3.02. The molecule has 2 atom stereocenters. The van der Waals surface area contributed by atoms with E-state index in [0.29, 0.717) is 19.4 Å². The van der Waals surface area contributed by atoms with Gasteiger partial charge in [0.1, 0.15) is 5.54 Å². The summed E-state index contributed by atoms with van der Waals surface area (Å²) in [4.78, 5) is 22.3. The first kappa shape index (κ1) is 20.2. The Bertz CT molecular complexity index is 792. The van der Waals surface area contributed by atoms with Crippen LogP contribution in [0.4, 0.5) is 0 Å². The maximum atomic E-state index is 13.7.